The molecule has 0 aromatic heterocycles. The molecule has 3 fully saturated rings. The summed E-state index contributed by atoms with van der Waals surface area (Å²) in [6.07, 6.45) is 13.1. The number of ether oxygens (including phenoxy) is 1. The van der Waals surface area contributed by atoms with Gasteiger partial charge < -0.3 is 14.5 Å². The Balaban J connectivity index is 1.30. The number of hydrogen-bond acceptors (Lipinski definition) is 4. The van der Waals surface area contributed by atoms with Gasteiger partial charge in [-0.15, -0.1) is 0 Å². The van der Waals surface area contributed by atoms with Crippen LogP contribution in [0.2, 0.25) is 0 Å². The molecule has 5 rings (SSSR count). The topological polar surface area (TPSA) is 36.0 Å². The highest BCUT2D eigenvalue weighted by Crippen LogP contribution is 2.39. The molecule has 1 aliphatic carbocycles. The van der Waals surface area contributed by atoms with E-state index < -0.39 is 0 Å². The van der Waals surface area contributed by atoms with Crippen LogP contribution >= 0.6 is 0 Å². The van der Waals surface area contributed by atoms with E-state index in [9.17, 15) is 4.79 Å². The Bertz CT molecular complexity index is 1180. The number of aryl methyl sites for hydroxylation is 2. The molecule has 1 saturated carbocycles. The predicted molar refractivity (Wildman–Crippen MR) is 178 cm³/mol. The van der Waals surface area contributed by atoms with Crippen molar-refractivity contribution in [2.75, 3.05) is 45.8 Å². The summed E-state index contributed by atoms with van der Waals surface area (Å²) in [7, 11) is 0. The maximum absolute atomic E-state index is 13.8. The van der Waals surface area contributed by atoms with Crippen molar-refractivity contribution in [2.24, 2.45) is 0 Å². The van der Waals surface area contributed by atoms with Gasteiger partial charge in [-0.05, 0) is 99.7 Å². The molecule has 2 aromatic rings. The van der Waals surface area contributed by atoms with Crippen LogP contribution in [0.3, 0.4) is 0 Å². The van der Waals surface area contributed by atoms with Crippen molar-refractivity contribution in [2.45, 2.75) is 116 Å². The van der Waals surface area contributed by atoms with Gasteiger partial charge in [-0.1, -0.05) is 63.4 Å². The second-order valence-electron chi connectivity index (χ2n) is 13.8. The highest BCUT2D eigenvalue weighted by atomic mass is 16.5. The molecule has 43 heavy (non-hydrogen) atoms. The number of benzene rings is 2. The fourth-order valence-electron chi connectivity index (χ4n) is 8.02. The van der Waals surface area contributed by atoms with Crippen LogP contribution in [-0.2, 0) is 29.5 Å². The molecule has 0 radical (unpaired) electrons. The van der Waals surface area contributed by atoms with Gasteiger partial charge in [-0.25, -0.2) is 0 Å². The SMILES string of the molecule is CCc1ccc([C@@]2(CCN3CCN(C4CCCCC4)CC3)CCCN(C(=O)Cc3cccc(OC(C)C)c3)C2)cc1CC. The zero-order chi connectivity index (χ0) is 30.2. The Morgan fingerprint density at radius 1 is 0.907 bits per heavy atom. The van der Waals surface area contributed by atoms with Crippen molar-refractivity contribution in [3.05, 3.63) is 64.7 Å². The number of piperazine rings is 1. The molecule has 1 atom stereocenters. The third-order valence-corrected chi connectivity index (χ3v) is 10.5. The summed E-state index contributed by atoms with van der Waals surface area (Å²) in [5.41, 5.74) is 5.44. The van der Waals surface area contributed by atoms with Crippen LogP contribution < -0.4 is 4.74 Å². The van der Waals surface area contributed by atoms with E-state index in [0.29, 0.717) is 6.42 Å². The van der Waals surface area contributed by atoms with Crippen LogP contribution in [0.1, 0.15) is 101 Å². The second-order valence-corrected chi connectivity index (χ2v) is 13.8. The fourth-order valence-corrected chi connectivity index (χ4v) is 8.02. The molecule has 2 heterocycles. The van der Waals surface area contributed by atoms with E-state index in [-0.39, 0.29) is 17.4 Å². The van der Waals surface area contributed by atoms with Gasteiger partial charge in [0.15, 0.2) is 0 Å². The first-order valence-corrected chi connectivity index (χ1v) is 17.5. The Labute approximate surface area is 262 Å². The Morgan fingerprint density at radius 3 is 2.40 bits per heavy atom. The van der Waals surface area contributed by atoms with Gasteiger partial charge >= 0.3 is 0 Å². The highest BCUT2D eigenvalue weighted by molar-refractivity contribution is 5.79. The average Bonchev–Trinajstić information content (AvgIpc) is 3.04. The smallest absolute Gasteiger partial charge is 0.227 e. The van der Waals surface area contributed by atoms with Gasteiger partial charge in [0.05, 0.1) is 12.5 Å². The monoisotopic (exact) mass is 587 g/mol. The molecule has 0 bridgehead atoms. The molecule has 2 aromatic carbocycles. The first-order chi connectivity index (χ1) is 20.9. The molecule has 5 nitrogen and oxygen atoms in total. The van der Waals surface area contributed by atoms with Crippen LogP contribution in [0.15, 0.2) is 42.5 Å². The van der Waals surface area contributed by atoms with E-state index >= 15 is 0 Å². The predicted octanol–water partition coefficient (Wildman–Crippen LogP) is 7.04. The average molecular weight is 588 g/mol. The minimum Gasteiger partial charge on any atom is -0.491 e. The Hall–Kier alpha value is -2.37. The minimum absolute atomic E-state index is 0.00715. The molecule has 2 aliphatic heterocycles. The van der Waals surface area contributed by atoms with Crippen LogP contribution in [0, 0.1) is 0 Å². The number of likely N-dealkylation sites (tertiary alicyclic amines) is 1. The van der Waals surface area contributed by atoms with Crippen molar-refractivity contribution >= 4 is 5.91 Å². The summed E-state index contributed by atoms with van der Waals surface area (Å²) in [6, 6.07) is 16.2. The van der Waals surface area contributed by atoms with Crippen molar-refractivity contribution in [3.8, 4) is 5.75 Å². The molecule has 0 N–H and O–H groups in total. The van der Waals surface area contributed by atoms with Gasteiger partial charge in [0.1, 0.15) is 5.75 Å². The zero-order valence-electron chi connectivity index (χ0n) is 27.6. The fraction of sp³-hybridized carbons (Fsp3) is 0.658. The van der Waals surface area contributed by atoms with Crippen LogP contribution in [0.25, 0.3) is 0 Å². The van der Waals surface area contributed by atoms with Crippen LogP contribution in [-0.4, -0.2) is 78.6 Å². The lowest BCUT2D eigenvalue weighted by Gasteiger charge is -2.46. The molecule has 1 amide bonds. The first-order valence-electron chi connectivity index (χ1n) is 17.5. The number of carbonyl (C=O) groups is 1. The lowest BCUT2D eigenvalue weighted by atomic mass is 9.70. The number of amides is 1. The summed E-state index contributed by atoms with van der Waals surface area (Å²) in [6.45, 7) is 16.2. The molecule has 0 unspecified atom stereocenters. The van der Waals surface area contributed by atoms with Crippen molar-refractivity contribution in [1.82, 2.24) is 14.7 Å². The number of hydrogen-bond donors (Lipinski definition) is 0. The number of piperidine rings is 1. The standard InChI is InChI=1S/C38H57N3O2/c1-5-32-16-17-34(28-33(32)6-2)38(19-21-39-22-24-40(25-23-39)35-13-8-7-9-14-35)18-11-20-41(29-38)37(42)27-31-12-10-15-36(26-31)43-30(3)4/h10,12,15-17,26,28,30,35H,5-9,11,13-14,18-25,27,29H2,1-4H3/t38-/m1/s1. The van der Waals surface area contributed by atoms with Crippen molar-refractivity contribution in [1.29, 1.82) is 0 Å². The maximum atomic E-state index is 13.8. The van der Waals surface area contributed by atoms with Crippen LogP contribution in [0.4, 0.5) is 0 Å². The summed E-state index contributed by atoms with van der Waals surface area (Å²) in [5.74, 6) is 1.09. The largest absolute Gasteiger partial charge is 0.491 e. The zero-order valence-corrected chi connectivity index (χ0v) is 27.6. The normalized spacial score (nSPS) is 22.7. The van der Waals surface area contributed by atoms with Crippen molar-refractivity contribution < 1.29 is 9.53 Å². The third-order valence-electron chi connectivity index (χ3n) is 10.5. The molecule has 5 heteroatoms. The molecule has 0 spiro atoms. The quantitative estimate of drug-likeness (QED) is 0.283. The summed E-state index contributed by atoms with van der Waals surface area (Å²) in [5, 5.41) is 0. The van der Waals surface area contributed by atoms with Gasteiger partial charge in [-0.2, -0.15) is 0 Å². The van der Waals surface area contributed by atoms with E-state index in [1.165, 1.54) is 75.0 Å². The molecular weight excluding hydrogens is 530 g/mol. The summed E-state index contributed by atoms with van der Waals surface area (Å²) in [4.78, 5) is 21.5. The maximum Gasteiger partial charge on any atom is 0.227 e. The van der Waals surface area contributed by atoms with Gasteiger partial charge in [0.2, 0.25) is 5.91 Å². The van der Waals surface area contributed by atoms with E-state index in [4.69, 9.17) is 4.74 Å². The minimum atomic E-state index is 0.00715. The van der Waals surface area contributed by atoms with Gasteiger partial charge in [0.25, 0.3) is 0 Å². The molecule has 3 aliphatic rings. The number of nitrogens with zero attached hydrogens (tertiary/aromatic N) is 3. The summed E-state index contributed by atoms with van der Waals surface area (Å²) >= 11 is 0. The van der Waals surface area contributed by atoms with Crippen molar-refractivity contribution in [3.63, 3.8) is 0 Å². The lowest BCUT2D eigenvalue weighted by molar-refractivity contribution is -0.132. The van der Waals surface area contributed by atoms with E-state index in [0.717, 1.165) is 69.1 Å². The number of rotatable bonds is 11. The van der Waals surface area contributed by atoms with Crippen LogP contribution in [0.5, 0.6) is 5.75 Å². The molecule has 236 valence electrons. The second kappa shape index (κ2) is 15.1. The molecule has 2 saturated heterocycles. The first kappa shape index (κ1) is 32.0. The third kappa shape index (κ3) is 8.22. The van der Waals surface area contributed by atoms with Gasteiger partial charge in [0, 0.05) is 50.7 Å². The Kier molecular flexibility index (Phi) is 11.2. The van der Waals surface area contributed by atoms with E-state index in [1.807, 2.05) is 32.0 Å². The van der Waals surface area contributed by atoms with E-state index in [1.54, 1.807) is 0 Å². The number of carbonyl (C=O) groups excluding carboxylic acids is 1. The van der Waals surface area contributed by atoms with E-state index in [2.05, 4.69) is 52.8 Å². The summed E-state index contributed by atoms with van der Waals surface area (Å²) < 4.78 is 5.91. The highest BCUT2D eigenvalue weighted by Gasteiger charge is 2.39. The Morgan fingerprint density at radius 2 is 1.67 bits per heavy atom. The van der Waals surface area contributed by atoms with Gasteiger partial charge in [-0.3, -0.25) is 9.69 Å². The molecular formula is C38H57N3O2. The lowest BCUT2D eigenvalue weighted by Crippen LogP contribution is -2.53.